The summed E-state index contributed by atoms with van der Waals surface area (Å²) in [5.41, 5.74) is 10.9. The Hall–Kier alpha value is -1.80. The third-order valence-corrected chi connectivity index (χ3v) is 3.21. The lowest BCUT2D eigenvalue weighted by molar-refractivity contribution is 0.411. The van der Waals surface area contributed by atoms with Gasteiger partial charge in [-0.25, -0.2) is 0 Å². The molecule has 2 aromatic rings. The van der Waals surface area contributed by atoms with Gasteiger partial charge in [0.25, 0.3) is 0 Å². The third kappa shape index (κ3) is 2.54. The van der Waals surface area contributed by atoms with E-state index >= 15 is 0 Å². The number of nitrogens with two attached hydrogens (primary N) is 1. The first kappa shape index (κ1) is 12.7. The van der Waals surface area contributed by atoms with Crippen LogP contribution in [0.3, 0.4) is 0 Å². The van der Waals surface area contributed by atoms with Crippen molar-refractivity contribution in [1.29, 1.82) is 0 Å². The summed E-state index contributed by atoms with van der Waals surface area (Å²) in [6, 6.07) is 14.3. The molecule has 0 aliphatic heterocycles. The Kier molecular flexibility index (Phi) is 3.68. The van der Waals surface area contributed by atoms with Crippen molar-refractivity contribution in [3.63, 3.8) is 0 Å². The molecule has 1 unspecified atom stereocenters. The molecular weight excluding hydrogens is 222 g/mol. The Morgan fingerprint density at radius 2 is 1.56 bits per heavy atom. The summed E-state index contributed by atoms with van der Waals surface area (Å²) in [6.45, 7) is 4.11. The van der Waals surface area contributed by atoms with Gasteiger partial charge in [-0.15, -0.1) is 0 Å². The lowest BCUT2D eigenvalue weighted by Crippen LogP contribution is -2.12. The van der Waals surface area contributed by atoms with Gasteiger partial charge in [-0.2, -0.15) is 0 Å². The van der Waals surface area contributed by atoms with Crippen LogP contribution in [0, 0.1) is 13.8 Å². The molecule has 94 valence electrons. The summed E-state index contributed by atoms with van der Waals surface area (Å²) in [5, 5.41) is 0. The summed E-state index contributed by atoms with van der Waals surface area (Å²) in [4.78, 5) is 0. The number of hydrogen-bond acceptors (Lipinski definition) is 2. The Morgan fingerprint density at radius 1 is 0.944 bits per heavy atom. The van der Waals surface area contributed by atoms with E-state index in [9.17, 15) is 0 Å². The molecule has 2 aromatic carbocycles. The first-order valence-electron chi connectivity index (χ1n) is 6.08. The molecule has 2 heteroatoms. The Balaban J connectivity index is 2.31. The fourth-order valence-electron chi connectivity index (χ4n) is 2.06. The normalized spacial score (nSPS) is 12.2. The van der Waals surface area contributed by atoms with Crippen molar-refractivity contribution in [2.45, 2.75) is 19.9 Å². The molecule has 0 saturated carbocycles. The zero-order chi connectivity index (χ0) is 13.1. The molecule has 0 radical (unpaired) electrons. The van der Waals surface area contributed by atoms with Crippen LogP contribution in [0.1, 0.15) is 28.3 Å². The fraction of sp³-hybridized carbons (Fsp3) is 0.250. The van der Waals surface area contributed by atoms with E-state index in [-0.39, 0.29) is 6.04 Å². The van der Waals surface area contributed by atoms with E-state index in [1.165, 1.54) is 5.56 Å². The molecule has 0 fully saturated rings. The Morgan fingerprint density at radius 3 is 2.11 bits per heavy atom. The standard InChI is InChI=1S/C16H19NO/c1-11-4-6-13(7-5-11)16(17)14-8-9-15(18-3)12(2)10-14/h4-10,16H,17H2,1-3H3. The second-order valence-corrected chi connectivity index (χ2v) is 4.62. The average molecular weight is 241 g/mol. The van der Waals surface area contributed by atoms with Crippen molar-refractivity contribution >= 4 is 0 Å². The van der Waals surface area contributed by atoms with E-state index in [2.05, 4.69) is 37.3 Å². The van der Waals surface area contributed by atoms with E-state index in [1.54, 1.807) is 7.11 Å². The number of rotatable bonds is 3. The fourth-order valence-corrected chi connectivity index (χ4v) is 2.06. The summed E-state index contributed by atoms with van der Waals surface area (Å²) in [7, 11) is 1.68. The van der Waals surface area contributed by atoms with Crippen LogP contribution < -0.4 is 10.5 Å². The van der Waals surface area contributed by atoms with Gasteiger partial charge in [-0.3, -0.25) is 0 Å². The second-order valence-electron chi connectivity index (χ2n) is 4.62. The molecule has 0 spiro atoms. The lowest BCUT2D eigenvalue weighted by atomic mass is 9.97. The number of ether oxygens (including phenoxy) is 1. The predicted molar refractivity (Wildman–Crippen MR) is 74.9 cm³/mol. The van der Waals surface area contributed by atoms with E-state index in [1.807, 2.05) is 19.1 Å². The summed E-state index contributed by atoms with van der Waals surface area (Å²) in [5.74, 6) is 0.898. The smallest absolute Gasteiger partial charge is 0.121 e. The van der Waals surface area contributed by atoms with Crippen LogP contribution in [0.15, 0.2) is 42.5 Å². The number of benzene rings is 2. The van der Waals surface area contributed by atoms with Gasteiger partial charge < -0.3 is 10.5 Å². The largest absolute Gasteiger partial charge is 0.496 e. The number of aryl methyl sites for hydroxylation is 2. The molecule has 1 atom stereocenters. The van der Waals surface area contributed by atoms with Crippen LogP contribution in [0.2, 0.25) is 0 Å². The van der Waals surface area contributed by atoms with Gasteiger partial charge in [0.2, 0.25) is 0 Å². The van der Waals surface area contributed by atoms with Gasteiger partial charge in [0.05, 0.1) is 13.2 Å². The number of hydrogen-bond donors (Lipinski definition) is 1. The van der Waals surface area contributed by atoms with Gasteiger partial charge in [0.1, 0.15) is 5.75 Å². The maximum atomic E-state index is 6.29. The minimum absolute atomic E-state index is 0.0878. The Bertz CT molecular complexity index is 531. The highest BCUT2D eigenvalue weighted by Gasteiger charge is 2.10. The molecule has 0 aliphatic carbocycles. The van der Waals surface area contributed by atoms with Crippen LogP contribution in [0.4, 0.5) is 0 Å². The van der Waals surface area contributed by atoms with Crippen LogP contribution in [-0.2, 0) is 0 Å². The molecule has 0 saturated heterocycles. The van der Waals surface area contributed by atoms with E-state index in [0.29, 0.717) is 0 Å². The van der Waals surface area contributed by atoms with Crippen molar-refractivity contribution in [1.82, 2.24) is 0 Å². The lowest BCUT2D eigenvalue weighted by Gasteiger charge is -2.15. The molecule has 0 bridgehead atoms. The maximum absolute atomic E-state index is 6.29. The minimum atomic E-state index is -0.0878. The summed E-state index contributed by atoms with van der Waals surface area (Å²) in [6.07, 6.45) is 0. The molecule has 2 rings (SSSR count). The van der Waals surface area contributed by atoms with Gasteiger partial charge in [0.15, 0.2) is 0 Å². The topological polar surface area (TPSA) is 35.2 Å². The van der Waals surface area contributed by atoms with Gasteiger partial charge in [-0.1, -0.05) is 42.0 Å². The molecule has 0 amide bonds. The van der Waals surface area contributed by atoms with Crippen molar-refractivity contribution in [3.05, 3.63) is 64.7 Å². The van der Waals surface area contributed by atoms with Gasteiger partial charge in [0, 0.05) is 0 Å². The highest BCUT2D eigenvalue weighted by Crippen LogP contribution is 2.25. The first-order valence-corrected chi connectivity index (χ1v) is 6.08. The maximum Gasteiger partial charge on any atom is 0.121 e. The molecule has 2 N–H and O–H groups in total. The molecular formula is C16H19NO. The van der Waals surface area contributed by atoms with Crippen LogP contribution in [0.25, 0.3) is 0 Å². The summed E-state index contributed by atoms with van der Waals surface area (Å²) < 4.78 is 5.26. The van der Waals surface area contributed by atoms with E-state index < -0.39 is 0 Å². The van der Waals surface area contributed by atoms with Crippen LogP contribution in [-0.4, -0.2) is 7.11 Å². The van der Waals surface area contributed by atoms with Crippen molar-refractivity contribution in [2.24, 2.45) is 5.73 Å². The monoisotopic (exact) mass is 241 g/mol. The quantitative estimate of drug-likeness (QED) is 0.894. The zero-order valence-electron chi connectivity index (χ0n) is 11.1. The van der Waals surface area contributed by atoms with Gasteiger partial charge >= 0.3 is 0 Å². The molecule has 2 nitrogen and oxygen atoms in total. The molecule has 0 aromatic heterocycles. The molecule has 0 aliphatic rings. The highest BCUT2D eigenvalue weighted by atomic mass is 16.5. The summed E-state index contributed by atoms with van der Waals surface area (Å²) >= 11 is 0. The predicted octanol–water partition coefficient (Wildman–Crippen LogP) is 3.36. The van der Waals surface area contributed by atoms with E-state index in [4.69, 9.17) is 10.5 Å². The average Bonchev–Trinajstić information content (AvgIpc) is 2.38. The third-order valence-electron chi connectivity index (χ3n) is 3.21. The van der Waals surface area contributed by atoms with Gasteiger partial charge in [-0.05, 0) is 36.6 Å². The van der Waals surface area contributed by atoms with Crippen molar-refractivity contribution in [2.75, 3.05) is 7.11 Å². The van der Waals surface area contributed by atoms with Crippen LogP contribution >= 0.6 is 0 Å². The second kappa shape index (κ2) is 5.23. The minimum Gasteiger partial charge on any atom is -0.496 e. The highest BCUT2D eigenvalue weighted by molar-refractivity contribution is 5.40. The van der Waals surface area contributed by atoms with E-state index in [0.717, 1.165) is 22.4 Å². The van der Waals surface area contributed by atoms with Crippen molar-refractivity contribution in [3.8, 4) is 5.75 Å². The van der Waals surface area contributed by atoms with Crippen molar-refractivity contribution < 1.29 is 4.74 Å². The molecule has 18 heavy (non-hydrogen) atoms. The zero-order valence-corrected chi connectivity index (χ0v) is 11.1. The SMILES string of the molecule is COc1ccc(C(N)c2ccc(C)cc2)cc1C. The Labute approximate surface area is 108 Å². The van der Waals surface area contributed by atoms with Crippen LogP contribution in [0.5, 0.6) is 5.75 Å². The number of methoxy groups -OCH3 is 1. The molecule has 0 heterocycles. The first-order chi connectivity index (χ1) is 8.61.